The van der Waals surface area contributed by atoms with E-state index in [9.17, 15) is 0 Å². The maximum atomic E-state index is 6.06. The molecule has 18 heavy (non-hydrogen) atoms. The lowest BCUT2D eigenvalue weighted by Crippen LogP contribution is -2.26. The summed E-state index contributed by atoms with van der Waals surface area (Å²) in [5.41, 5.74) is 7.95. The van der Waals surface area contributed by atoms with Crippen LogP contribution in [0.15, 0.2) is 16.9 Å². The molecule has 0 radical (unpaired) electrons. The summed E-state index contributed by atoms with van der Waals surface area (Å²) in [6.07, 6.45) is 7.40. The average Bonchev–Trinajstić information content (AvgIpc) is 2.54. The van der Waals surface area contributed by atoms with Crippen LogP contribution in [0.25, 0.3) is 0 Å². The van der Waals surface area contributed by atoms with E-state index in [1.165, 1.54) is 19.3 Å². The second kappa shape index (κ2) is 5.91. The highest BCUT2D eigenvalue weighted by Crippen LogP contribution is 2.34. The summed E-state index contributed by atoms with van der Waals surface area (Å²) in [4.78, 5) is 6.51. The highest BCUT2D eigenvalue weighted by molar-refractivity contribution is 9.10. The summed E-state index contributed by atoms with van der Waals surface area (Å²) < 4.78 is 1.01. The van der Waals surface area contributed by atoms with Crippen molar-refractivity contribution in [2.45, 2.75) is 33.1 Å². The van der Waals surface area contributed by atoms with Crippen LogP contribution < -0.4 is 10.6 Å². The molecule has 1 fully saturated rings. The second-order valence-corrected chi connectivity index (χ2v) is 6.34. The van der Waals surface area contributed by atoms with Crippen molar-refractivity contribution in [3.8, 4) is 0 Å². The maximum Gasteiger partial charge on any atom is 0.0776 e. The summed E-state index contributed by atoms with van der Waals surface area (Å²) in [7, 11) is 0. The number of pyridine rings is 1. The molecule has 2 N–H and O–H groups in total. The van der Waals surface area contributed by atoms with E-state index < -0.39 is 0 Å². The van der Waals surface area contributed by atoms with E-state index in [1.54, 1.807) is 6.20 Å². The molecule has 0 amide bonds. The Kier molecular flexibility index (Phi) is 4.49. The van der Waals surface area contributed by atoms with E-state index in [0.29, 0.717) is 0 Å². The van der Waals surface area contributed by atoms with Crippen molar-refractivity contribution in [2.24, 2.45) is 11.8 Å². The minimum atomic E-state index is 0.771. The zero-order valence-corrected chi connectivity index (χ0v) is 12.8. The number of anilines is 2. The molecule has 1 atom stereocenters. The number of hydrogen-bond acceptors (Lipinski definition) is 3. The third kappa shape index (κ3) is 2.97. The van der Waals surface area contributed by atoms with Crippen molar-refractivity contribution in [1.82, 2.24) is 4.98 Å². The fourth-order valence-corrected chi connectivity index (χ4v) is 3.39. The molecule has 0 bridgehead atoms. The first kappa shape index (κ1) is 13.7. The number of nitrogens with two attached hydrogens (primary N) is 1. The number of hydrogen-bond donors (Lipinski definition) is 1. The first-order chi connectivity index (χ1) is 8.59. The lowest BCUT2D eigenvalue weighted by Gasteiger charge is -2.25. The minimum absolute atomic E-state index is 0.771. The number of nitrogens with zero attached hydrogens (tertiary/aromatic N) is 2. The van der Waals surface area contributed by atoms with Crippen LogP contribution in [0, 0.1) is 11.8 Å². The van der Waals surface area contributed by atoms with Gasteiger partial charge in [0.15, 0.2) is 0 Å². The van der Waals surface area contributed by atoms with Gasteiger partial charge in [0, 0.05) is 19.3 Å². The summed E-state index contributed by atoms with van der Waals surface area (Å²) in [5, 5.41) is 0. The predicted molar refractivity (Wildman–Crippen MR) is 80.7 cm³/mol. The highest BCUT2D eigenvalue weighted by Gasteiger charge is 2.21. The molecule has 2 rings (SSSR count). The number of rotatable bonds is 2. The van der Waals surface area contributed by atoms with E-state index >= 15 is 0 Å². The molecule has 0 aromatic carbocycles. The maximum absolute atomic E-state index is 6.06. The van der Waals surface area contributed by atoms with Crippen molar-refractivity contribution in [3.05, 3.63) is 16.9 Å². The Balaban J connectivity index is 2.15. The van der Waals surface area contributed by atoms with Crippen LogP contribution in [0.4, 0.5) is 11.4 Å². The molecule has 1 aliphatic heterocycles. The Bertz CT molecular complexity index is 386. The smallest absolute Gasteiger partial charge is 0.0776 e. The predicted octanol–water partition coefficient (Wildman–Crippen LogP) is 3.69. The molecule has 2 heterocycles. The second-order valence-electron chi connectivity index (χ2n) is 5.48. The van der Waals surface area contributed by atoms with Crippen LogP contribution in [0.2, 0.25) is 0 Å². The molecule has 1 saturated heterocycles. The average molecular weight is 312 g/mol. The molecular weight excluding hydrogens is 290 g/mol. The number of nitrogen functional groups attached to an aromatic ring is 1. The molecule has 1 aromatic rings. The molecule has 1 unspecified atom stereocenters. The Morgan fingerprint density at radius 2 is 2.11 bits per heavy atom. The molecular formula is C14H22BrN3. The third-order valence-electron chi connectivity index (χ3n) is 3.93. The van der Waals surface area contributed by atoms with E-state index in [2.05, 4.69) is 39.7 Å². The number of halogens is 1. The lowest BCUT2D eigenvalue weighted by molar-refractivity contribution is 0.351. The van der Waals surface area contributed by atoms with Crippen molar-refractivity contribution in [1.29, 1.82) is 0 Å². The van der Waals surface area contributed by atoms with Crippen LogP contribution in [0.5, 0.6) is 0 Å². The molecule has 1 aliphatic rings. The Hall–Kier alpha value is -0.770. The van der Waals surface area contributed by atoms with Crippen LogP contribution in [-0.2, 0) is 0 Å². The van der Waals surface area contributed by atoms with Crippen molar-refractivity contribution in [3.63, 3.8) is 0 Å². The molecule has 0 aliphatic carbocycles. The van der Waals surface area contributed by atoms with Gasteiger partial charge in [0.1, 0.15) is 0 Å². The van der Waals surface area contributed by atoms with Gasteiger partial charge >= 0.3 is 0 Å². The van der Waals surface area contributed by atoms with Crippen LogP contribution >= 0.6 is 15.9 Å². The molecule has 1 aromatic heterocycles. The van der Waals surface area contributed by atoms with Gasteiger partial charge in [-0.15, -0.1) is 0 Å². The summed E-state index contributed by atoms with van der Waals surface area (Å²) in [6.45, 7) is 6.85. The van der Waals surface area contributed by atoms with Gasteiger partial charge in [-0.1, -0.05) is 13.8 Å². The van der Waals surface area contributed by atoms with Gasteiger partial charge < -0.3 is 10.6 Å². The van der Waals surface area contributed by atoms with Crippen molar-refractivity contribution in [2.75, 3.05) is 23.7 Å². The normalized spacial score (nSPS) is 21.1. The van der Waals surface area contributed by atoms with Gasteiger partial charge in [0.2, 0.25) is 0 Å². The molecule has 4 heteroatoms. The molecule has 0 saturated carbocycles. The first-order valence-corrected chi connectivity index (χ1v) is 7.52. The highest BCUT2D eigenvalue weighted by atomic mass is 79.9. The summed E-state index contributed by atoms with van der Waals surface area (Å²) in [5.74, 6) is 1.63. The van der Waals surface area contributed by atoms with Crippen LogP contribution in [0.3, 0.4) is 0 Å². The SMILES string of the molecule is CC(C)C1CCCN(c2c(N)cncc2Br)CC1. The van der Waals surface area contributed by atoms with Gasteiger partial charge in [-0.2, -0.15) is 0 Å². The Morgan fingerprint density at radius 3 is 2.78 bits per heavy atom. The first-order valence-electron chi connectivity index (χ1n) is 6.73. The van der Waals surface area contributed by atoms with E-state index in [1.807, 2.05) is 6.20 Å². The molecule has 100 valence electrons. The lowest BCUT2D eigenvalue weighted by atomic mass is 9.89. The monoisotopic (exact) mass is 311 g/mol. The minimum Gasteiger partial charge on any atom is -0.396 e. The molecule has 3 nitrogen and oxygen atoms in total. The van der Waals surface area contributed by atoms with Gasteiger partial charge in [-0.3, -0.25) is 4.98 Å². The van der Waals surface area contributed by atoms with E-state index in [-0.39, 0.29) is 0 Å². The van der Waals surface area contributed by atoms with Gasteiger partial charge in [0.05, 0.1) is 22.0 Å². The third-order valence-corrected chi connectivity index (χ3v) is 4.51. The Morgan fingerprint density at radius 1 is 1.33 bits per heavy atom. The summed E-state index contributed by atoms with van der Waals surface area (Å²) in [6, 6.07) is 0. The standard InChI is InChI=1S/C14H22BrN3/c1-10(2)11-4-3-6-18(7-5-11)14-12(15)8-17-9-13(14)16/h8-11H,3-7,16H2,1-2H3. The fraction of sp³-hybridized carbons (Fsp3) is 0.643. The number of aromatic nitrogens is 1. The van der Waals surface area contributed by atoms with Gasteiger partial charge in [-0.05, 0) is 47.0 Å². The quantitative estimate of drug-likeness (QED) is 0.905. The van der Waals surface area contributed by atoms with Gasteiger partial charge in [-0.25, -0.2) is 0 Å². The largest absolute Gasteiger partial charge is 0.396 e. The van der Waals surface area contributed by atoms with E-state index in [4.69, 9.17) is 5.73 Å². The van der Waals surface area contributed by atoms with Crippen LogP contribution in [0.1, 0.15) is 33.1 Å². The summed E-state index contributed by atoms with van der Waals surface area (Å²) >= 11 is 3.57. The fourth-order valence-electron chi connectivity index (χ4n) is 2.79. The van der Waals surface area contributed by atoms with Crippen molar-refractivity contribution >= 4 is 27.3 Å². The van der Waals surface area contributed by atoms with E-state index in [0.717, 1.165) is 40.8 Å². The topological polar surface area (TPSA) is 42.1 Å². The Labute approximate surface area is 118 Å². The molecule has 0 spiro atoms. The van der Waals surface area contributed by atoms with Crippen molar-refractivity contribution < 1.29 is 0 Å². The zero-order valence-electron chi connectivity index (χ0n) is 11.2. The zero-order chi connectivity index (χ0) is 13.1. The van der Waals surface area contributed by atoms with Gasteiger partial charge in [0.25, 0.3) is 0 Å². The van der Waals surface area contributed by atoms with Crippen LogP contribution in [-0.4, -0.2) is 18.1 Å².